The average Bonchev–Trinajstić information content (AvgIpc) is 3.29. The van der Waals surface area contributed by atoms with Crippen molar-refractivity contribution in [1.29, 1.82) is 0 Å². The number of carbonyl (C=O) groups excluding carboxylic acids is 1. The van der Waals surface area contributed by atoms with Gasteiger partial charge in [0.1, 0.15) is 6.33 Å². The Morgan fingerprint density at radius 2 is 1.97 bits per heavy atom. The van der Waals surface area contributed by atoms with Crippen LogP contribution in [0.4, 0.5) is 0 Å². The molecule has 3 heterocycles. The molecule has 0 radical (unpaired) electrons. The standard InChI is InChI=1S/C24H28N6O2/c1-6-32-22-11-21(26-13-27-22)30-17(5)20(12-28-30)24(31)25-8-7-18-16(4)29-23-15(3)9-14(2)10-19(18)23/h9-13,29H,6-8H2,1-5H3,(H,25,31). The summed E-state index contributed by atoms with van der Waals surface area (Å²) in [5.41, 5.74) is 7.24. The van der Waals surface area contributed by atoms with E-state index in [2.05, 4.69) is 58.3 Å². The maximum atomic E-state index is 12.8. The number of aryl methyl sites for hydroxylation is 3. The van der Waals surface area contributed by atoms with Crippen LogP contribution in [0.15, 0.2) is 30.7 Å². The van der Waals surface area contributed by atoms with Crippen molar-refractivity contribution in [3.05, 3.63) is 64.4 Å². The first kappa shape index (κ1) is 21.5. The van der Waals surface area contributed by atoms with E-state index < -0.39 is 0 Å². The Morgan fingerprint density at radius 3 is 2.75 bits per heavy atom. The molecule has 0 spiro atoms. The van der Waals surface area contributed by atoms with E-state index in [0.717, 1.165) is 12.1 Å². The van der Waals surface area contributed by atoms with Gasteiger partial charge in [0.25, 0.3) is 5.91 Å². The first-order valence-corrected chi connectivity index (χ1v) is 10.8. The second kappa shape index (κ2) is 8.82. The molecule has 166 valence electrons. The van der Waals surface area contributed by atoms with Crippen molar-refractivity contribution < 1.29 is 9.53 Å². The number of aromatic amines is 1. The number of rotatable bonds is 7. The zero-order valence-corrected chi connectivity index (χ0v) is 19.1. The first-order chi connectivity index (χ1) is 15.4. The molecule has 1 aromatic carbocycles. The molecule has 0 fully saturated rings. The van der Waals surface area contributed by atoms with E-state index in [0.29, 0.717) is 36.1 Å². The molecule has 8 heteroatoms. The van der Waals surface area contributed by atoms with Gasteiger partial charge in [-0.2, -0.15) is 5.10 Å². The van der Waals surface area contributed by atoms with E-state index in [9.17, 15) is 4.79 Å². The molecular formula is C24H28N6O2. The molecular weight excluding hydrogens is 404 g/mol. The van der Waals surface area contributed by atoms with Gasteiger partial charge >= 0.3 is 0 Å². The van der Waals surface area contributed by atoms with Crippen molar-refractivity contribution in [2.75, 3.05) is 13.2 Å². The molecule has 8 nitrogen and oxygen atoms in total. The Bertz CT molecular complexity index is 1290. The smallest absolute Gasteiger partial charge is 0.254 e. The number of H-pyrrole nitrogens is 1. The van der Waals surface area contributed by atoms with Crippen LogP contribution in [0.3, 0.4) is 0 Å². The van der Waals surface area contributed by atoms with E-state index in [1.54, 1.807) is 16.9 Å². The third-order valence-electron chi connectivity index (χ3n) is 5.62. The van der Waals surface area contributed by atoms with Gasteiger partial charge in [-0.1, -0.05) is 11.6 Å². The van der Waals surface area contributed by atoms with Gasteiger partial charge < -0.3 is 15.0 Å². The highest BCUT2D eigenvalue weighted by Gasteiger charge is 2.17. The Morgan fingerprint density at radius 1 is 1.16 bits per heavy atom. The summed E-state index contributed by atoms with van der Waals surface area (Å²) < 4.78 is 7.05. The maximum absolute atomic E-state index is 12.8. The average molecular weight is 433 g/mol. The summed E-state index contributed by atoms with van der Waals surface area (Å²) in [6.07, 6.45) is 3.74. The highest BCUT2D eigenvalue weighted by Crippen LogP contribution is 2.26. The van der Waals surface area contributed by atoms with Gasteiger partial charge in [0.05, 0.1) is 24.1 Å². The summed E-state index contributed by atoms with van der Waals surface area (Å²) >= 11 is 0. The number of hydrogen-bond acceptors (Lipinski definition) is 5. The van der Waals surface area contributed by atoms with Gasteiger partial charge in [-0.25, -0.2) is 14.6 Å². The largest absolute Gasteiger partial charge is 0.478 e. The third kappa shape index (κ3) is 4.08. The minimum absolute atomic E-state index is 0.155. The highest BCUT2D eigenvalue weighted by atomic mass is 16.5. The first-order valence-electron chi connectivity index (χ1n) is 10.8. The molecule has 32 heavy (non-hydrogen) atoms. The van der Waals surface area contributed by atoms with Gasteiger partial charge in [-0.15, -0.1) is 0 Å². The van der Waals surface area contributed by atoms with Crippen LogP contribution in [0.5, 0.6) is 5.88 Å². The molecule has 0 aliphatic heterocycles. The zero-order valence-electron chi connectivity index (χ0n) is 19.1. The lowest BCUT2D eigenvalue weighted by Gasteiger charge is -2.08. The molecule has 0 bridgehead atoms. The number of aromatic nitrogens is 5. The fourth-order valence-electron chi connectivity index (χ4n) is 4.09. The summed E-state index contributed by atoms with van der Waals surface area (Å²) in [6.45, 7) is 11.1. The number of carbonyl (C=O) groups is 1. The molecule has 4 rings (SSSR count). The Hall–Kier alpha value is -3.68. The van der Waals surface area contributed by atoms with E-state index >= 15 is 0 Å². The summed E-state index contributed by atoms with van der Waals surface area (Å²) in [5, 5.41) is 8.61. The number of nitrogens with zero attached hydrogens (tertiary/aromatic N) is 4. The van der Waals surface area contributed by atoms with Crippen molar-refractivity contribution in [2.45, 2.75) is 41.0 Å². The molecule has 0 aliphatic carbocycles. The Kier molecular flexibility index (Phi) is 5.94. The quantitative estimate of drug-likeness (QED) is 0.464. The molecule has 0 aliphatic rings. The number of fused-ring (bicyclic) bond motifs is 1. The van der Waals surface area contributed by atoms with Crippen LogP contribution in [0.25, 0.3) is 16.7 Å². The highest BCUT2D eigenvalue weighted by molar-refractivity contribution is 5.95. The second-order valence-electron chi connectivity index (χ2n) is 7.94. The van der Waals surface area contributed by atoms with E-state index in [-0.39, 0.29) is 5.91 Å². The Balaban J connectivity index is 1.48. The van der Waals surface area contributed by atoms with Gasteiger partial charge in [0, 0.05) is 29.2 Å². The van der Waals surface area contributed by atoms with Gasteiger partial charge in [0.15, 0.2) is 5.82 Å². The minimum atomic E-state index is -0.155. The molecule has 3 aromatic heterocycles. The SMILES string of the molecule is CCOc1cc(-n2ncc(C(=O)NCCc3c(C)[nH]c4c(C)cc(C)cc34)c2C)ncn1. The van der Waals surface area contributed by atoms with Crippen molar-refractivity contribution >= 4 is 16.8 Å². The lowest BCUT2D eigenvalue weighted by molar-refractivity contribution is 0.0953. The molecule has 0 saturated carbocycles. The molecule has 0 atom stereocenters. The second-order valence-corrected chi connectivity index (χ2v) is 7.94. The lowest BCUT2D eigenvalue weighted by Crippen LogP contribution is -2.26. The number of nitrogens with one attached hydrogen (secondary N) is 2. The minimum Gasteiger partial charge on any atom is -0.478 e. The fraction of sp³-hybridized carbons (Fsp3) is 0.333. The number of amides is 1. The van der Waals surface area contributed by atoms with E-state index in [1.807, 2.05) is 13.8 Å². The predicted molar refractivity (Wildman–Crippen MR) is 124 cm³/mol. The monoisotopic (exact) mass is 432 g/mol. The summed E-state index contributed by atoms with van der Waals surface area (Å²) in [6, 6.07) is 6.09. The molecule has 0 saturated heterocycles. The van der Waals surface area contributed by atoms with Crippen molar-refractivity contribution in [2.24, 2.45) is 0 Å². The number of benzene rings is 1. The van der Waals surface area contributed by atoms with Crippen LogP contribution in [0.1, 0.15) is 45.4 Å². The molecule has 0 unspecified atom stereocenters. The fourth-order valence-corrected chi connectivity index (χ4v) is 4.09. The van der Waals surface area contributed by atoms with E-state index in [1.165, 1.54) is 33.9 Å². The van der Waals surface area contributed by atoms with Crippen molar-refractivity contribution in [3.8, 4) is 11.7 Å². The van der Waals surface area contributed by atoms with Gasteiger partial charge in [0.2, 0.25) is 5.88 Å². The summed E-state index contributed by atoms with van der Waals surface area (Å²) in [7, 11) is 0. The van der Waals surface area contributed by atoms with E-state index in [4.69, 9.17) is 4.74 Å². The van der Waals surface area contributed by atoms with Crippen LogP contribution in [0, 0.1) is 27.7 Å². The molecule has 4 aromatic rings. The van der Waals surface area contributed by atoms with Crippen LogP contribution in [-0.2, 0) is 6.42 Å². The normalized spacial score (nSPS) is 11.2. The third-order valence-corrected chi connectivity index (χ3v) is 5.62. The summed E-state index contributed by atoms with van der Waals surface area (Å²) in [5.74, 6) is 0.871. The lowest BCUT2D eigenvalue weighted by atomic mass is 10.0. The topological polar surface area (TPSA) is 97.7 Å². The Labute approximate surface area is 187 Å². The molecule has 2 N–H and O–H groups in total. The predicted octanol–water partition coefficient (Wildman–Crippen LogP) is 3.75. The van der Waals surface area contributed by atoms with Crippen LogP contribution < -0.4 is 10.1 Å². The zero-order chi connectivity index (χ0) is 22.8. The maximum Gasteiger partial charge on any atom is 0.254 e. The van der Waals surface area contributed by atoms with Gasteiger partial charge in [-0.3, -0.25) is 4.79 Å². The van der Waals surface area contributed by atoms with Crippen LogP contribution >= 0.6 is 0 Å². The van der Waals surface area contributed by atoms with Crippen molar-refractivity contribution in [1.82, 2.24) is 30.0 Å². The van der Waals surface area contributed by atoms with Crippen molar-refractivity contribution in [3.63, 3.8) is 0 Å². The van der Waals surface area contributed by atoms with Gasteiger partial charge in [-0.05, 0) is 58.2 Å². The molecule has 1 amide bonds. The van der Waals surface area contributed by atoms with Crippen LogP contribution in [0.2, 0.25) is 0 Å². The number of hydrogen-bond donors (Lipinski definition) is 2. The number of ether oxygens (including phenoxy) is 1. The summed E-state index contributed by atoms with van der Waals surface area (Å²) in [4.78, 5) is 24.6. The van der Waals surface area contributed by atoms with Crippen LogP contribution in [-0.4, -0.2) is 43.8 Å².